The summed E-state index contributed by atoms with van der Waals surface area (Å²) in [6.07, 6.45) is 8.89. The van der Waals surface area contributed by atoms with Crippen LogP contribution in [0.15, 0.2) is 36.4 Å². The third-order valence-electron chi connectivity index (χ3n) is 4.32. The van der Waals surface area contributed by atoms with E-state index in [2.05, 4.69) is 6.92 Å². The van der Waals surface area contributed by atoms with Crippen LogP contribution in [0.2, 0.25) is 0 Å². The zero-order valence-electron chi connectivity index (χ0n) is 17.6. The van der Waals surface area contributed by atoms with Gasteiger partial charge in [-0.2, -0.15) is 0 Å². The number of hydrogen-bond donors (Lipinski definition) is 0. The van der Waals surface area contributed by atoms with Gasteiger partial charge in [-0.3, -0.25) is 9.36 Å². The quantitative estimate of drug-likeness (QED) is 0.162. The van der Waals surface area contributed by atoms with E-state index in [0.717, 1.165) is 30.2 Å². The lowest BCUT2D eigenvalue weighted by atomic mass is 10.1. The van der Waals surface area contributed by atoms with Crippen molar-refractivity contribution in [2.75, 3.05) is 19.8 Å². The molecule has 1 atom stereocenters. The Morgan fingerprint density at radius 1 is 1.07 bits per heavy atom. The van der Waals surface area contributed by atoms with Gasteiger partial charge in [-0.15, -0.1) is 0 Å². The van der Waals surface area contributed by atoms with Gasteiger partial charge in [0.15, 0.2) is 5.12 Å². The first kappa shape index (κ1) is 27.7. The van der Waals surface area contributed by atoms with Gasteiger partial charge in [0.25, 0.3) is 0 Å². The summed E-state index contributed by atoms with van der Waals surface area (Å²) in [6.45, 7) is 2.88. The second-order valence-electron chi connectivity index (χ2n) is 7.04. The number of rotatable bonds is 17. The van der Waals surface area contributed by atoms with Crippen LogP contribution < -0.4 is 0 Å². The number of halogens is 2. The predicted molar refractivity (Wildman–Crippen MR) is 131 cm³/mol. The van der Waals surface area contributed by atoms with E-state index in [9.17, 15) is 9.36 Å². The maximum atomic E-state index is 12.3. The second-order valence-corrected chi connectivity index (χ2v) is 12.7. The molecule has 0 saturated carbocycles. The van der Waals surface area contributed by atoms with E-state index in [0.29, 0.717) is 13.0 Å². The number of thioether (sulfide) groups is 1. The van der Waals surface area contributed by atoms with Gasteiger partial charge in [0.2, 0.25) is 0 Å². The lowest BCUT2D eigenvalue weighted by molar-refractivity contribution is -0.111. The van der Waals surface area contributed by atoms with Gasteiger partial charge in [0.1, 0.15) is 0 Å². The normalized spacial score (nSPS) is 13.0. The molecular weight excluding hydrogens is 462 g/mol. The first-order valence-corrected chi connectivity index (χ1v) is 14.8. The second kappa shape index (κ2) is 17.3. The topological polar surface area (TPSA) is 52.6 Å². The summed E-state index contributed by atoms with van der Waals surface area (Å²) in [6, 6.07) is 9.91. The Morgan fingerprint density at radius 3 is 2.40 bits per heavy atom. The highest BCUT2D eigenvalue weighted by molar-refractivity contribution is 8.14. The summed E-state index contributed by atoms with van der Waals surface area (Å²) in [5.74, 6) is 0. The molecule has 0 radical (unpaired) electrons. The van der Waals surface area contributed by atoms with Crippen LogP contribution in [0, 0.1) is 0 Å². The molecule has 0 aliphatic heterocycles. The Bertz CT molecular complexity index is 652. The molecule has 0 unspecified atom stereocenters. The Labute approximate surface area is 195 Å². The third kappa shape index (κ3) is 16.4. The minimum atomic E-state index is -3.64. The molecule has 0 fully saturated rings. The van der Waals surface area contributed by atoms with Gasteiger partial charge in [-0.05, 0) is 34.5 Å². The molecule has 1 aromatic rings. The summed E-state index contributed by atoms with van der Waals surface area (Å²) < 4.78 is 22.1. The van der Waals surface area contributed by atoms with Crippen molar-refractivity contribution in [3.05, 3.63) is 42.0 Å². The number of ether oxygens (including phenoxy) is 1. The van der Waals surface area contributed by atoms with Gasteiger partial charge >= 0.3 is 6.07 Å². The van der Waals surface area contributed by atoms with Crippen LogP contribution in [0.25, 0.3) is 6.08 Å². The molecule has 0 N–H and O–H groups in total. The number of benzene rings is 1. The molecule has 0 aliphatic carbocycles. The Balaban J connectivity index is 2.32. The number of hydrogen-bond acceptors (Lipinski definition) is 5. The fraction of sp³-hybridized carbons (Fsp3) is 0.591. The van der Waals surface area contributed by atoms with E-state index in [1.54, 1.807) is 0 Å². The van der Waals surface area contributed by atoms with Crippen molar-refractivity contribution in [1.82, 2.24) is 0 Å². The first-order valence-electron chi connectivity index (χ1n) is 10.5. The summed E-state index contributed by atoms with van der Waals surface area (Å²) >= 11 is 12.1. The van der Waals surface area contributed by atoms with E-state index < -0.39 is 6.07 Å². The van der Waals surface area contributed by atoms with Gasteiger partial charge < -0.3 is 9.26 Å². The largest absolute Gasteiger partial charge is 0.380 e. The van der Waals surface area contributed by atoms with Crippen LogP contribution in [0.5, 0.6) is 0 Å². The molecular formula is C22H33Cl2O4PS. The highest BCUT2D eigenvalue weighted by atomic mass is 35.9. The average Bonchev–Trinajstić information content (AvgIpc) is 2.71. The van der Waals surface area contributed by atoms with Crippen LogP contribution in [0.1, 0.15) is 63.9 Å². The minimum Gasteiger partial charge on any atom is -0.376 e. The predicted octanol–water partition coefficient (Wildman–Crippen LogP) is 8.09. The Morgan fingerprint density at radius 2 is 1.73 bits per heavy atom. The molecule has 0 aliphatic rings. The summed E-state index contributed by atoms with van der Waals surface area (Å²) in [5, 5.41) is -0.224. The standard InChI is InChI=1S/C22H33Cl2O4PS/c1-2-3-4-5-6-7-11-16-22(25)30-21(19-28-29(23,24)26)18-27-17-12-15-20-13-9-8-10-14-20/h8-10,12-15,21H,2-7,11,16-19H2,1H3/b15-12+/t21-/m0/s1. The number of carbonyl (C=O) groups is 1. The van der Waals surface area contributed by atoms with Crippen molar-refractivity contribution >= 4 is 51.5 Å². The molecule has 30 heavy (non-hydrogen) atoms. The minimum absolute atomic E-state index is 0.000101. The lowest BCUT2D eigenvalue weighted by Crippen LogP contribution is -2.20. The summed E-state index contributed by atoms with van der Waals surface area (Å²) in [4.78, 5) is 12.3. The van der Waals surface area contributed by atoms with Gasteiger partial charge in [-0.1, -0.05) is 99.7 Å². The van der Waals surface area contributed by atoms with E-state index in [-0.39, 0.29) is 23.6 Å². The molecule has 170 valence electrons. The van der Waals surface area contributed by atoms with Gasteiger partial charge in [0, 0.05) is 6.42 Å². The van der Waals surface area contributed by atoms with E-state index in [1.165, 1.54) is 32.1 Å². The molecule has 0 bridgehead atoms. The molecule has 0 aromatic heterocycles. The average molecular weight is 495 g/mol. The SMILES string of the molecule is CCCCCCCCCC(=O)S[C@@H](COC/C=C/c1ccccc1)COP(=O)(Cl)Cl. The van der Waals surface area contributed by atoms with Crippen LogP contribution in [0.3, 0.4) is 0 Å². The zero-order chi connectivity index (χ0) is 22.1. The van der Waals surface area contributed by atoms with Crippen molar-refractivity contribution in [2.45, 2.75) is 63.5 Å². The van der Waals surface area contributed by atoms with Crippen molar-refractivity contribution in [1.29, 1.82) is 0 Å². The van der Waals surface area contributed by atoms with Crippen LogP contribution in [-0.4, -0.2) is 30.2 Å². The smallest absolute Gasteiger partial charge is 0.376 e. The molecule has 4 nitrogen and oxygen atoms in total. The Kier molecular flexibility index (Phi) is 16.0. The van der Waals surface area contributed by atoms with Crippen molar-refractivity contribution in [3.8, 4) is 0 Å². The summed E-state index contributed by atoms with van der Waals surface area (Å²) in [7, 11) is 0. The fourth-order valence-corrected chi connectivity index (χ4v) is 4.50. The van der Waals surface area contributed by atoms with Gasteiger partial charge in [-0.25, -0.2) is 0 Å². The van der Waals surface area contributed by atoms with Crippen LogP contribution in [0.4, 0.5) is 0 Å². The molecule has 0 amide bonds. The molecule has 0 heterocycles. The Hall–Kier alpha value is -0.290. The molecule has 1 rings (SSSR count). The van der Waals surface area contributed by atoms with Crippen molar-refractivity contribution in [2.24, 2.45) is 0 Å². The molecule has 0 spiro atoms. The van der Waals surface area contributed by atoms with E-state index in [1.807, 2.05) is 42.5 Å². The molecule has 8 heteroatoms. The van der Waals surface area contributed by atoms with Crippen molar-refractivity contribution < 1.29 is 18.6 Å². The maximum Gasteiger partial charge on any atom is 0.380 e. The summed E-state index contributed by atoms with van der Waals surface area (Å²) in [5.41, 5.74) is 1.09. The first-order chi connectivity index (χ1) is 14.4. The fourth-order valence-electron chi connectivity index (χ4n) is 2.77. The van der Waals surface area contributed by atoms with Crippen LogP contribution in [-0.2, 0) is 18.6 Å². The van der Waals surface area contributed by atoms with Crippen molar-refractivity contribution in [3.63, 3.8) is 0 Å². The zero-order valence-corrected chi connectivity index (χ0v) is 20.9. The van der Waals surface area contributed by atoms with Crippen LogP contribution >= 0.6 is 40.3 Å². The highest BCUT2D eigenvalue weighted by Gasteiger charge is 2.21. The molecule has 0 saturated heterocycles. The maximum absolute atomic E-state index is 12.3. The monoisotopic (exact) mass is 494 g/mol. The third-order valence-corrected chi connectivity index (χ3v) is 6.43. The number of unbranched alkanes of at least 4 members (excludes halogenated alkanes) is 6. The highest BCUT2D eigenvalue weighted by Crippen LogP contribution is 2.57. The molecule has 1 aromatic carbocycles. The lowest BCUT2D eigenvalue weighted by Gasteiger charge is -2.16. The van der Waals surface area contributed by atoms with Gasteiger partial charge in [0.05, 0.1) is 25.1 Å². The number of carbonyl (C=O) groups excluding carboxylic acids is 1. The van der Waals surface area contributed by atoms with E-state index >= 15 is 0 Å². The van der Waals surface area contributed by atoms with E-state index in [4.69, 9.17) is 31.7 Å².